The molecule has 1 fully saturated rings. The van der Waals surface area contributed by atoms with Gasteiger partial charge in [-0.2, -0.15) is 0 Å². The molecule has 5 nitrogen and oxygen atoms in total. The van der Waals surface area contributed by atoms with Gasteiger partial charge in [0.2, 0.25) is 0 Å². The van der Waals surface area contributed by atoms with Crippen LogP contribution in [0.3, 0.4) is 0 Å². The molecule has 1 aliphatic rings. The molecule has 1 aliphatic heterocycles. The summed E-state index contributed by atoms with van der Waals surface area (Å²) in [6.07, 6.45) is 3.73. The van der Waals surface area contributed by atoms with Gasteiger partial charge in [0, 0.05) is 51.0 Å². The zero-order valence-corrected chi connectivity index (χ0v) is 15.1. The summed E-state index contributed by atoms with van der Waals surface area (Å²) < 4.78 is 16.6. The molecule has 1 saturated heterocycles. The zero-order valence-electron chi connectivity index (χ0n) is 15.1. The van der Waals surface area contributed by atoms with Crippen molar-refractivity contribution in [1.29, 1.82) is 0 Å². The number of aromatic nitrogens is 1. The van der Waals surface area contributed by atoms with E-state index in [0.29, 0.717) is 11.8 Å². The van der Waals surface area contributed by atoms with Crippen molar-refractivity contribution in [2.45, 2.75) is 12.5 Å². The normalized spacial score (nSPS) is 20.6. The zero-order chi connectivity index (χ0) is 17.6. The van der Waals surface area contributed by atoms with Gasteiger partial charge in [0.1, 0.15) is 11.5 Å². The fraction of sp³-hybridized carbons (Fsp3) is 0.450. The van der Waals surface area contributed by atoms with Gasteiger partial charge in [0.05, 0.1) is 26.4 Å². The second-order valence-corrected chi connectivity index (χ2v) is 6.44. The third-order valence-electron chi connectivity index (χ3n) is 4.94. The van der Waals surface area contributed by atoms with Crippen molar-refractivity contribution in [2.75, 3.05) is 41.0 Å². The molecule has 134 valence electrons. The van der Waals surface area contributed by atoms with Crippen molar-refractivity contribution < 1.29 is 14.2 Å². The molecule has 0 saturated carbocycles. The van der Waals surface area contributed by atoms with Gasteiger partial charge in [0.15, 0.2) is 0 Å². The van der Waals surface area contributed by atoms with E-state index < -0.39 is 0 Å². The highest BCUT2D eigenvalue weighted by atomic mass is 16.5. The van der Waals surface area contributed by atoms with Crippen LogP contribution in [0.15, 0.2) is 42.7 Å². The third-order valence-corrected chi connectivity index (χ3v) is 4.94. The average molecular weight is 342 g/mol. The van der Waals surface area contributed by atoms with E-state index in [4.69, 9.17) is 14.2 Å². The van der Waals surface area contributed by atoms with Crippen LogP contribution in [0.4, 0.5) is 0 Å². The first-order chi connectivity index (χ1) is 12.3. The Morgan fingerprint density at radius 1 is 1.00 bits per heavy atom. The molecule has 2 atom stereocenters. The Bertz CT molecular complexity index is 656. The maximum Gasteiger partial charge on any atom is 0.127 e. The summed E-state index contributed by atoms with van der Waals surface area (Å²) in [5.74, 6) is 2.65. The molecule has 0 spiro atoms. The summed E-state index contributed by atoms with van der Waals surface area (Å²) in [7, 11) is 5.18. The van der Waals surface area contributed by atoms with Crippen LogP contribution in [0.25, 0.3) is 0 Å². The molecule has 25 heavy (non-hydrogen) atoms. The predicted molar refractivity (Wildman–Crippen MR) is 97.2 cm³/mol. The molecule has 0 amide bonds. The van der Waals surface area contributed by atoms with Gasteiger partial charge >= 0.3 is 0 Å². The van der Waals surface area contributed by atoms with Gasteiger partial charge < -0.3 is 14.2 Å². The van der Waals surface area contributed by atoms with Crippen molar-refractivity contribution in [3.05, 3.63) is 53.9 Å². The summed E-state index contributed by atoms with van der Waals surface area (Å²) in [4.78, 5) is 6.60. The molecule has 0 aliphatic carbocycles. The highest BCUT2D eigenvalue weighted by Gasteiger charge is 2.34. The Morgan fingerprint density at radius 2 is 1.68 bits per heavy atom. The summed E-state index contributed by atoms with van der Waals surface area (Å²) in [6, 6.07) is 10.2. The number of likely N-dealkylation sites (tertiary alicyclic amines) is 1. The maximum absolute atomic E-state index is 5.54. The second kappa shape index (κ2) is 8.32. The van der Waals surface area contributed by atoms with Gasteiger partial charge in [0.25, 0.3) is 0 Å². The lowest BCUT2D eigenvalue weighted by Gasteiger charge is -2.20. The van der Waals surface area contributed by atoms with E-state index in [2.05, 4.69) is 22.0 Å². The van der Waals surface area contributed by atoms with E-state index in [-0.39, 0.29) is 0 Å². The fourth-order valence-electron chi connectivity index (χ4n) is 3.77. The quantitative estimate of drug-likeness (QED) is 0.774. The minimum absolute atomic E-state index is 0.448. The lowest BCUT2D eigenvalue weighted by Crippen LogP contribution is -2.22. The molecule has 2 aromatic rings. The van der Waals surface area contributed by atoms with Crippen LogP contribution < -0.4 is 9.47 Å². The number of nitrogens with zero attached hydrogens (tertiary/aromatic N) is 2. The lowest BCUT2D eigenvalue weighted by molar-refractivity contribution is 0.147. The summed E-state index contributed by atoms with van der Waals surface area (Å²) in [6.45, 7) is 3.53. The number of methoxy groups -OCH3 is 3. The van der Waals surface area contributed by atoms with Gasteiger partial charge in [-0.05, 0) is 29.8 Å². The third kappa shape index (κ3) is 3.94. The van der Waals surface area contributed by atoms with Gasteiger partial charge in [-0.25, -0.2) is 0 Å². The molecule has 1 aromatic carbocycles. The van der Waals surface area contributed by atoms with Crippen LogP contribution >= 0.6 is 0 Å². The molecule has 0 bridgehead atoms. The van der Waals surface area contributed by atoms with Crippen LogP contribution in [-0.2, 0) is 11.3 Å². The summed E-state index contributed by atoms with van der Waals surface area (Å²) >= 11 is 0. The average Bonchev–Trinajstić information content (AvgIpc) is 3.05. The minimum Gasteiger partial charge on any atom is -0.496 e. The van der Waals surface area contributed by atoms with E-state index >= 15 is 0 Å². The Morgan fingerprint density at radius 3 is 2.28 bits per heavy atom. The molecule has 0 radical (unpaired) electrons. The summed E-state index contributed by atoms with van der Waals surface area (Å²) in [5.41, 5.74) is 2.42. The van der Waals surface area contributed by atoms with Crippen LogP contribution in [0.2, 0.25) is 0 Å². The Kier molecular flexibility index (Phi) is 5.89. The van der Waals surface area contributed by atoms with Crippen LogP contribution in [0, 0.1) is 5.92 Å². The van der Waals surface area contributed by atoms with E-state index in [1.807, 2.05) is 30.6 Å². The van der Waals surface area contributed by atoms with E-state index in [1.54, 1.807) is 21.3 Å². The van der Waals surface area contributed by atoms with E-state index in [1.165, 1.54) is 5.56 Å². The highest BCUT2D eigenvalue weighted by molar-refractivity contribution is 5.44. The van der Waals surface area contributed by atoms with Crippen LogP contribution in [0.5, 0.6) is 11.5 Å². The van der Waals surface area contributed by atoms with Crippen LogP contribution in [0.1, 0.15) is 17.0 Å². The topological polar surface area (TPSA) is 43.8 Å². The standard InChI is InChI=1S/C20H26N2O3/c1-23-14-16-11-22(12-17(16)15-7-9-21-10-8-15)13-18-19(24-2)5-4-6-20(18)25-3/h4-10,16-17H,11-14H2,1-3H3/t16-,17-/m0/s1. The van der Waals surface area contributed by atoms with Crippen molar-refractivity contribution in [3.8, 4) is 11.5 Å². The molecule has 2 heterocycles. The molecule has 0 unspecified atom stereocenters. The van der Waals surface area contributed by atoms with Crippen molar-refractivity contribution in [1.82, 2.24) is 9.88 Å². The molecular formula is C20H26N2O3. The Labute approximate surface area is 149 Å². The van der Waals surface area contributed by atoms with Gasteiger partial charge in [-0.3, -0.25) is 9.88 Å². The highest BCUT2D eigenvalue weighted by Crippen LogP contribution is 2.36. The van der Waals surface area contributed by atoms with Gasteiger partial charge in [-0.1, -0.05) is 6.07 Å². The Balaban J connectivity index is 1.81. The molecular weight excluding hydrogens is 316 g/mol. The van der Waals surface area contributed by atoms with E-state index in [0.717, 1.165) is 43.3 Å². The van der Waals surface area contributed by atoms with Crippen molar-refractivity contribution in [3.63, 3.8) is 0 Å². The molecule has 5 heteroatoms. The number of pyridine rings is 1. The lowest BCUT2D eigenvalue weighted by atomic mass is 9.90. The maximum atomic E-state index is 5.54. The van der Waals surface area contributed by atoms with Crippen molar-refractivity contribution >= 4 is 0 Å². The minimum atomic E-state index is 0.448. The first-order valence-electron chi connectivity index (χ1n) is 8.58. The Hall–Kier alpha value is -2.11. The number of ether oxygens (including phenoxy) is 3. The molecule has 3 rings (SSSR count). The van der Waals surface area contributed by atoms with Gasteiger partial charge in [-0.15, -0.1) is 0 Å². The molecule has 1 aromatic heterocycles. The SMILES string of the molecule is COC[C@@H]1CN(Cc2c(OC)cccc2OC)C[C@H]1c1ccncc1. The predicted octanol–water partition coefficient (Wildman–Crippen LogP) is 2.96. The fourth-order valence-corrected chi connectivity index (χ4v) is 3.77. The number of hydrogen-bond donors (Lipinski definition) is 0. The van der Waals surface area contributed by atoms with Crippen molar-refractivity contribution in [2.24, 2.45) is 5.92 Å². The first kappa shape index (κ1) is 17.7. The molecule has 0 N–H and O–H groups in total. The number of benzene rings is 1. The van der Waals surface area contributed by atoms with Crippen LogP contribution in [-0.4, -0.2) is 50.9 Å². The monoisotopic (exact) mass is 342 g/mol. The van der Waals surface area contributed by atoms with E-state index in [9.17, 15) is 0 Å². The first-order valence-corrected chi connectivity index (χ1v) is 8.58. The summed E-state index contributed by atoms with van der Waals surface area (Å²) in [5, 5.41) is 0. The largest absolute Gasteiger partial charge is 0.496 e. The number of hydrogen-bond acceptors (Lipinski definition) is 5. The second-order valence-electron chi connectivity index (χ2n) is 6.44. The number of rotatable bonds is 7. The smallest absolute Gasteiger partial charge is 0.127 e.